The van der Waals surface area contributed by atoms with E-state index in [4.69, 9.17) is 10.5 Å². The zero-order valence-electron chi connectivity index (χ0n) is 13.2. The van der Waals surface area contributed by atoms with Crippen LogP contribution >= 0.6 is 0 Å². The van der Waals surface area contributed by atoms with Crippen LogP contribution in [0, 0.1) is 6.92 Å². The average molecular weight is 283 g/mol. The van der Waals surface area contributed by atoms with Crippen molar-refractivity contribution in [3.05, 3.63) is 64.7 Å². The van der Waals surface area contributed by atoms with Gasteiger partial charge in [0.2, 0.25) is 0 Å². The monoisotopic (exact) mass is 283 g/mol. The SMILES string of the molecule is Cc1ccc(OCc2ccc(C(C)C)cc2)c(CCN)c1. The normalized spacial score (nSPS) is 10.9. The lowest BCUT2D eigenvalue weighted by molar-refractivity contribution is 0.303. The van der Waals surface area contributed by atoms with Crippen LogP contribution in [0.25, 0.3) is 0 Å². The molecule has 2 aromatic carbocycles. The molecule has 0 heterocycles. The molecule has 2 rings (SSSR count). The van der Waals surface area contributed by atoms with Gasteiger partial charge in [-0.05, 0) is 48.6 Å². The number of rotatable bonds is 6. The Bertz CT molecular complexity index is 573. The molecule has 0 fully saturated rings. The van der Waals surface area contributed by atoms with Gasteiger partial charge < -0.3 is 10.5 Å². The summed E-state index contributed by atoms with van der Waals surface area (Å²) in [5.41, 5.74) is 10.7. The fourth-order valence-corrected chi connectivity index (χ4v) is 2.36. The average Bonchev–Trinajstić information content (AvgIpc) is 2.47. The molecule has 0 amide bonds. The molecule has 0 radical (unpaired) electrons. The summed E-state index contributed by atoms with van der Waals surface area (Å²) < 4.78 is 5.98. The highest BCUT2D eigenvalue weighted by Gasteiger charge is 2.05. The predicted molar refractivity (Wildman–Crippen MR) is 88.8 cm³/mol. The summed E-state index contributed by atoms with van der Waals surface area (Å²) in [6.07, 6.45) is 0.850. The maximum Gasteiger partial charge on any atom is 0.123 e. The molecule has 2 nitrogen and oxygen atoms in total. The number of benzene rings is 2. The van der Waals surface area contributed by atoms with Crippen molar-refractivity contribution in [2.24, 2.45) is 5.73 Å². The van der Waals surface area contributed by atoms with Gasteiger partial charge >= 0.3 is 0 Å². The van der Waals surface area contributed by atoms with Gasteiger partial charge in [0, 0.05) is 0 Å². The minimum Gasteiger partial charge on any atom is -0.489 e. The number of nitrogens with two attached hydrogens (primary N) is 1. The zero-order chi connectivity index (χ0) is 15.2. The third-order valence-corrected chi connectivity index (χ3v) is 3.67. The maximum absolute atomic E-state index is 5.98. The summed E-state index contributed by atoms with van der Waals surface area (Å²) in [7, 11) is 0. The summed E-state index contributed by atoms with van der Waals surface area (Å²) in [6.45, 7) is 7.74. The van der Waals surface area contributed by atoms with Crippen molar-refractivity contribution in [1.29, 1.82) is 0 Å². The zero-order valence-corrected chi connectivity index (χ0v) is 13.2. The van der Waals surface area contributed by atoms with Crippen molar-refractivity contribution in [2.45, 2.75) is 39.7 Å². The van der Waals surface area contributed by atoms with E-state index in [1.807, 2.05) is 6.07 Å². The molecule has 0 aliphatic rings. The molecule has 21 heavy (non-hydrogen) atoms. The largest absolute Gasteiger partial charge is 0.489 e. The second-order valence-corrected chi connectivity index (χ2v) is 5.83. The van der Waals surface area contributed by atoms with Crippen molar-refractivity contribution in [1.82, 2.24) is 0 Å². The van der Waals surface area contributed by atoms with Crippen molar-refractivity contribution in [3.63, 3.8) is 0 Å². The van der Waals surface area contributed by atoms with E-state index in [0.29, 0.717) is 19.1 Å². The van der Waals surface area contributed by atoms with Crippen LogP contribution in [0.2, 0.25) is 0 Å². The lowest BCUT2D eigenvalue weighted by Gasteiger charge is -2.13. The van der Waals surface area contributed by atoms with Crippen LogP contribution in [0.1, 0.15) is 42.0 Å². The number of aryl methyl sites for hydroxylation is 1. The molecule has 0 spiro atoms. The molecular formula is C19H25NO. The second kappa shape index (κ2) is 7.28. The first-order chi connectivity index (χ1) is 10.1. The van der Waals surface area contributed by atoms with Crippen molar-refractivity contribution in [2.75, 3.05) is 6.54 Å². The third kappa shape index (κ3) is 4.33. The smallest absolute Gasteiger partial charge is 0.123 e. The highest BCUT2D eigenvalue weighted by Crippen LogP contribution is 2.22. The Morgan fingerprint density at radius 2 is 1.76 bits per heavy atom. The summed E-state index contributed by atoms with van der Waals surface area (Å²) in [6, 6.07) is 14.9. The lowest BCUT2D eigenvalue weighted by Crippen LogP contribution is -2.06. The highest BCUT2D eigenvalue weighted by atomic mass is 16.5. The van der Waals surface area contributed by atoms with E-state index in [1.165, 1.54) is 22.3 Å². The van der Waals surface area contributed by atoms with E-state index in [9.17, 15) is 0 Å². The van der Waals surface area contributed by atoms with E-state index in [0.717, 1.165) is 12.2 Å². The highest BCUT2D eigenvalue weighted by molar-refractivity contribution is 5.37. The first-order valence-electron chi connectivity index (χ1n) is 7.61. The summed E-state index contributed by atoms with van der Waals surface area (Å²) >= 11 is 0. The number of hydrogen-bond acceptors (Lipinski definition) is 2. The molecule has 0 aliphatic heterocycles. The summed E-state index contributed by atoms with van der Waals surface area (Å²) in [5, 5.41) is 0. The standard InChI is InChI=1S/C19H25NO/c1-14(2)17-7-5-16(6-8-17)13-21-19-9-4-15(3)12-18(19)10-11-20/h4-9,12,14H,10-11,13,20H2,1-3H3. The molecule has 0 bridgehead atoms. The molecule has 2 N–H and O–H groups in total. The van der Waals surface area contributed by atoms with Crippen LogP contribution in [0.3, 0.4) is 0 Å². The molecule has 112 valence electrons. The first kappa shape index (κ1) is 15.6. The van der Waals surface area contributed by atoms with Gasteiger partial charge in [-0.2, -0.15) is 0 Å². The summed E-state index contributed by atoms with van der Waals surface area (Å²) in [4.78, 5) is 0. The molecule has 0 aliphatic carbocycles. The van der Waals surface area contributed by atoms with Crippen molar-refractivity contribution >= 4 is 0 Å². The van der Waals surface area contributed by atoms with Crippen LogP contribution < -0.4 is 10.5 Å². The number of hydrogen-bond donors (Lipinski definition) is 1. The molecule has 0 aromatic heterocycles. The fraction of sp³-hybridized carbons (Fsp3) is 0.368. The topological polar surface area (TPSA) is 35.2 Å². The van der Waals surface area contributed by atoms with Gasteiger partial charge in [0.25, 0.3) is 0 Å². The maximum atomic E-state index is 5.98. The van der Waals surface area contributed by atoms with Gasteiger partial charge in [0.05, 0.1) is 0 Å². The Morgan fingerprint density at radius 3 is 2.38 bits per heavy atom. The Morgan fingerprint density at radius 1 is 1.05 bits per heavy atom. The van der Waals surface area contributed by atoms with Crippen LogP contribution in [-0.2, 0) is 13.0 Å². The Labute approximate surface area is 127 Å². The predicted octanol–water partition coefficient (Wildman–Crippen LogP) is 4.20. The fourth-order valence-electron chi connectivity index (χ4n) is 2.36. The van der Waals surface area contributed by atoms with Gasteiger partial charge in [-0.3, -0.25) is 0 Å². The van der Waals surface area contributed by atoms with Gasteiger partial charge in [-0.1, -0.05) is 55.8 Å². The van der Waals surface area contributed by atoms with E-state index in [1.54, 1.807) is 0 Å². The van der Waals surface area contributed by atoms with Crippen molar-refractivity contribution < 1.29 is 4.74 Å². The van der Waals surface area contributed by atoms with Gasteiger partial charge in [-0.15, -0.1) is 0 Å². The minimum atomic E-state index is 0.563. The molecule has 0 unspecified atom stereocenters. The molecule has 0 atom stereocenters. The Kier molecular flexibility index (Phi) is 5.40. The molecule has 0 saturated carbocycles. The first-order valence-corrected chi connectivity index (χ1v) is 7.61. The summed E-state index contributed by atoms with van der Waals surface area (Å²) in [5.74, 6) is 1.51. The Balaban J connectivity index is 2.05. The third-order valence-electron chi connectivity index (χ3n) is 3.67. The Hall–Kier alpha value is -1.80. The molecular weight excluding hydrogens is 258 g/mol. The van der Waals surface area contributed by atoms with Gasteiger partial charge in [0.1, 0.15) is 12.4 Å². The van der Waals surface area contributed by atoms with E-state index in [-0.39, 0.29) is 0 Å². The van der Waals surface area contributed by atoms with Crippen molar-refractivity contribution in [3.8, 4) is 5.75 Å². The molecule has 2 aromatic rings. The van der Waals surface area contributed by atoms with E-state index in [2.05, 4.69) is 57.2 Å². The van der Waals surface area contributed by atoms with Crippen LogP contribution in [0.5, 0.6) is 5.75 Å². The number of ether oxygens (including phenoxy) is 1. The van der Waals surface area contributed by atoms with Crippen LogP contribution in [0.4, 0.5) is 0 Å². The second-order valence-electron chi connectivity index (χ2n) is 5.83. The molecule has 0 saturated heterocycles. The van der Waals surface area contributed by atoms with Crippen LogP contribution in [0.15, 0.2) is 42.5 Å². The quantitative estimate of drug-likeness (QED) is 0.862. The molecule has 2 heteroatoms. The van der Waals surface area contributed by atoms with Gasteiger partial charge in [0.15, 0.2) is 0 Å². The van der Waals surface area contributed by atoms with E-state index >= 15 is 0 Å². The van der Waals surface area contributed by atoms with Gasteiger partial charge in [-0.25, -0.2) is 0 Å². The minimum absolute atomic E-state index is 0.563. The van der Waals surface area contributed by atoms with Crippen LogP contribution in [-0.4, -0.2) is 6.54 Å². The lowest BCUT2D eigenvalue weighted by atomic mass is 10.0. The van der Waals surface area contributed by atoms with E-state index < -0.39 is 0 Å².